The van der Waals surface area contributed by atoms with E-state index in [-0.39, 0.29) is 19.4 Å². The minimum atomic E-state index is -1.13. The summed E-state index contributed by atoms with van der Waals surface area (Å²) in [6, 6.07) is 7.17. The molecule has 1 aliphatic heterocycles. The number of nitrogens with zero attached hydrogens (tertiary/aromatic N) is 2. The number of likely N-dealkylation sites (tertiary alicyclic amines) is 1. The van der Waals surface area contributed by atoms with Crippen molar-refractivity contribution in [3.05, 3.63) is 29.8 Å². The second kappa shape index (κ2) is 6.24. The summed E-state index contributed by atoms with van der Waals surface area (Å²) in [5.41, 5.74) is 1.34. The van der Waals surface area contributed by atoms with Gasteiger partial charge in [0.2, 0.25) is 0 Å². The Hall–Kier alpha value is -2.59. The summed E-state index contributed by atoms with van der Waals surface area (Å²) in [5.74, 6) is -1.13. The number of rotatable bonds is 3. The number of carboxylic acid groups (broad SMARTS) is 1. The van der Waals surface area contributed by atoms with E-state index in [1.54, 1.807) is 24.3 Å². The monoisotopic (exact) mass is 289 g/mol. The van der Waals surface area contributed by atoms with Gasteiger partial charge in [-0.1, -0.05) is 12.1 Å². The van der Waals surface area contributed by atoms with Crippen molar-refractivity contribution < 1.29 is 19.8 Å². The molecular weight excluding hydrogens is 274 g/mol. The van der Waals surface area contributed by atoms with Gasteiger partial charge < -0.3 is 20.4 Å². The normalized spacial score (nSPS) is 20.9. The first-order chi connectivity index (χ1) is 10.0. The molecule has 110 valence electrons. The Kier molecular flexibility index (Phi) is 4.40. The fourth-order valence-electron chi connectivity index (χ4n) is 2.26. The van der Waals surface area contributed by atoms with Crippen molar-refractivity contribution in [2.24, 2.45) is 0 Å². The van der Waals surface area contributed by atoms with E-state index >= 15 is 0 Å². The van der Waals surface area contributed by atoms with Gasteiger partial charge in [-0.2, -0.15) is 5.26 Å². The Morgan fingerprint density at radius 1 is 1.38 bits per heavy atom. The van der Waals surface area contributed by atoms with Crippen LogP contribution < -0.4 is 5.32 Å². The molecule has 0 aliphatic carbocycles. The Labute approximate surface area is 121 Å². The van der Waals surface area contributed by atoms with E-state index in [1.807, 2.05) is 6.07 Å². The van der Waals surface area contributed by atoms with Gasteiger partial charge in [-0.05, 0) is 17.7 Å². The molecule has 0 spiro atoms. The molecular formula is C14H15N3O4. The zero-order chi connectivity index (χ0) is 15.4. The highest BCUT2D eigenvalue weighted by Crippen LogP contribution is 2.20. The van der Waals surface area contributed by atoms with E-state index in [0.29, 0.717) is 5.69 Å². The van der Waals surface area contributed by atoms with Crippen LogP contribution in [0.2, 0.25) is 0 Å². The third-order valence-corrected chi connectivity index (χ3v) is 3.31. The van der Waals surface area contributed by atoms with Crippen LogP contribution in [-0.4, -0.2) is 45.8 Å². The number of hydrogen-bond donors (Lipinski definition) is 3. The van der Waals surface area contributed by atoms with Gasteiger partial charge in [0.15, 0.2) is 0 Å². The number of β-amino-alcohol motifs (C(OH)–C–C–N with tert-alkyl or cyclic N) is 1. The van der Waals surface area contributed by atoms with Crippen LogP contribution in [0.25, 0.3) is 0 Å². The number of carbonyl (C=O) groups excluding carboxylic acids is 1. The highest BCUT2D eigenvalue weighted by Gasteiger charge is 2.38. The van der Waals surface area contributed by atoms with Gasteiger partial charge >= 0.3 is 12.0 Å². The van der Waals surface area contributed by atoms with Crippen molar-refractivity contribution in [3.63, 3.8) is 0 Å². The van der Waals surface area contributed by atoms with Gasteiger partial charge in [0.1, 0.15) is 6.04 Å². The standard InChI is InChI=1S/C14H15N3O4/c15-6-5-9-1-3-10(4-2-9)16-14(21)17-8-11(18)7-12(17)13(19)20/h1-4,11-12,18H,5,7-8H2,(H,16,21)(H,19,20)/t11-,12-/m0/s1. The summed E-state index contributed by atoms with van der Waals surface area (Å²) in [5, 5.41) is 29.7. The van der Waals surface area contributed by atoms with Gasteiger partial charge in [0.05, 0.1) is 18.6 Å². The van der Waals surface area contributed by atoms with E-state index in [4.69, 9.17) is 10.4 Å². The first kappa shape index (κ1) is 14.8. The Bertz CT molecular complexity index is 579. The Morgan fingerprint density at radius 2 is 2.05 bits per heavy atom. The van der Waals surface area contributed by atoms with E-state index in [1.165, 1.54) is 0 Å². The van der Waals surface area contributed by atoms with Crippen LogP contribution in [0.5, 0.6) is 0 Å². The molecule has 21 heavy (non-hydrogen) atoms. The number of hydrogen-bond acceptors (Lipinski definition) is 4. The lowest BCUT2D eigenvalue weighted by Crippen LogP contribution is -2.43. The average Bonchev–Trinajstić information content (AvgIpc) is 2.84. The predicted molar refractivity (Wildman–Crippen MR) is 73.5 cm³/mol. The lowest BCUT2D eigenvalue weighted by atomic mass is 10.1. The largest absolute Gasteiger partial charge is 0.480 e. The lowest BCUT2D eigenvalue weighted by Gasteiger charge is -2.21. The van der Waals surface area contributed by atoms with Gasteiger partial charge in [-0.3, -0.25) is 0 Å². The minimum Gasteiger partial charge on any atom is -0.480 e. The van der Waals surface area contributed by atoms with Crippen molar-refractivity contribution >= 4 is 17.7 Å². The maximum Gasteiger partial charge on any atom is 0.326 e. The number of anilines is 1. The van der Waals surface area contributed by atoms with E-state index in [9.17, 15) is 14.7 Å². The summed E-state index contributed by atoms with van der Waals surface area (Å²) >= 11 is 0. The molecule has 3 N–H and O–H groups in total. The third-order valence-electron chi connectivity index (χ3n) is 3.31. The average molecular weight is 289 g/mol. The summed E-state index contributed by atoms with van der Waals surface area (Å²) in [6.07, 6.45) is -0.507. The van der Waals surface area contributed by atoms with Crippen LogP contribution in [0.15, 0.2) is 24.3 Å². The smallest absolute Gasteiger partial charge is 0.326 e. The number of benzene rings is 1. The van der Waals surface area contributed by atoms with Gasteiger partial charge in [0, 0.05) is 18.7 Å². The number of aliphatic hydroxyl groups is 1. The molecule has 2 amide bonds. The first-order valence-electron chi connectivity index (χ1n) is 6.45. The fourth-order valence-corrected chi connectivity index (χ4v) is 2.26. The van der Waals surface area contributed by atoms with Crippen LogP contribution >= 0.6 is 0 Å². The van der Waals surface area contributed by atoms with Crippen LogP contribution in [0.3, 0.4) is 0 Å². The van der Waals surface area contributed by atoms with Crippen LogP contribution in [-0.2, 0) is 11.2 Å². The van der Waals surface area contributed by atoms with Crippen molar-refractivity contribution in [2.45, 2.75) is 25.0 Å². The quantitative estimate of drug-likeness (QED) is 0.761. The number of aliphatic hydroxyl groups excluding tert-OH is 1. The first-order valence-corrected chi connectivity index (χ1v) is 6.45. The highest BCUT2D eigenvalue weighted by molar-refractivity contribution is 5.92. The van der Waals surface area contributed by atoms with E-state index in [0.717, 1.165) is 10.5 Å². The fraction of sp³-hybridized carbons (Fsp3) is 0.357. The summed E-state index contributed by atoms with van der Waals surface area (Å²) < 4.78 is 0. The topological polar surface area (TPSA) is 114 Å². The zero-order valence-corrected chi connectivity index (χ0v) is 11.2. The molecule has 1 saturated heterocycles. The third kappa shape index (κ3) is 3.49. The molecule has 1 aromatic carbocycles. The number of amides is 2. The molecule has 0 saturated carbocycles. The number of urea groups is 1. The summed E-state index contributed by atoms with van der Waals surface area (Å²) in [6.45, 7) is -0.00465. The molecule has 0 aromatic heterocycles. The number of aliphatic carboxylic acids is 1. The maximum absolute atomic E-state index is 12.1. The van der Waals surface area contributed by atoms with Crippen molar-refractivity contribution in [2.75, 3.05) is 11.9 Å². The SMILES string of the molecule is N#CCc1ccc(NC(=O)N2C[C@@H](O)C[C@H]2C(=O)O)cc1. The maximum atomic E-state index is 12.1. The van der Waals surface area contributed by atoms with Crippen LogP contribution in [0.1, 0.15) is 12.0 Å². The number of carboxylic acids is 1. The molecule has 0 radical (unpaired) electrons. The van der Waals surface area contributed by atoms with Crippen molar-refractivity contribution in [1.82, 2.24) is 4.90 Å². The van der Waals surface area contributed by atoms with Gasteiger partial charge in [-0.15, -0.1) is 0 Å². The summed E-state index contributed by atoms with van der Waals surface area (Å²) in [7, 11) is 0. The Balaban J connectivity index is 2.03. The molecule has 1 heterocycles. The number of nitriles is 1. The second-order valence-corrected chi connectivity index (χ2v) is 4.86. The lowest BCUT2D eigenvalue weighted by molar-refractivity contribution is -0.141. The number of nitrogens with one attached hydrogen (secondary N) is 1. The van der Waals surface area contributed by atoms with E-state index in [2.05, 4.69) is 5.32 Å². The van der Waals surface area contributed by atoms with Crippen molar-refractivity contribution in [3.8, 4) is 6.07 Å². The highest BCUT2D eigenvalue weighted by atomic mass is 16.4. The minimum absolute atomic E-state index is 0.00465. The van der Waals surface area contributed by atoms with Crippen LogP contribution in [0.4, 0.5) is 10.5 Å². The second-order valence-electron chi connectivity index (χ2n) is 4.86. The molecule has 2 atom stereocenters. The number of carbonyl (C=O) groups is 2. The van der Waals surface area contributed by atoms with Gasteiger partial charge in [-0.25, -0.2) is 9.59 Å². The molecule has 2 rings (SSSR count). The van der Waals surface area contributed by atoms with Crippen LogP contribution in [0, 0.1) is 11.3 Å². The Morgan fingerprint density at radius 3 is 2.62 bits per heavy atom. The predicted octanol–water partition coefficient (Wildman–Crippen LogP) is 0.804. The van der Waals surface area contributed by atoms with Crippen molar-refractivity contribution in [1.29, 1.82) is 5.26 Å². The molecule has 0 unspecified atom stereocenters. The van der Waals surface area contributed by atoms with E-state index < -0.39 is 24.1 Å². The van der Waals surface area contributed by atoms with Gasteiger partial charge in [0.25, 0.3) is 0 Å². The molecule has 0 bridgehead atoms. The molecule has 7 heteroatoms. The summed E-state index contributed by atoms with van der Waals surface area (Å²) in [4.78, 5) is 24.2. The molecule has 1 aliphatic rings. The zero-order valence-electron chi connectivity index (χ0n) is 11.2. The molecule has 1 aromatic rings. The molecule has 7 nitrogen and oxygen atoms in total. The molecule has 1 fully saturated rings.